The molecule has 1 unspecified atom stereocenters. The number of aryl methyl sites for hydroxylation is 1. The van der Waals surface area contributed by atoms with Gasteiger partial charge in [-0.1, -0.05) is 6.92 Å². The topological polar surface area (TPSA) is 72.4 Å². The molecule has 1 saturated heterocycles. The molecule has 5 nitrogen and oxygen atoms in total. The van der Waals surface area contributed by atoms with Crippen LogP contribution in [-0.2, 0) is 11.2 Å². The number of carbonyl (C=O) groups excluding carboxylic acids is 1. The van der Waals surface area contributed by atoms with Crippen LogP contribution in [0.1, 0.15) is 25.7 Å². The van der Waals surface area contributed by atoms with Crippen molar-refractivity contribution in [1.29, 1.82) is 0 Å². The summed E-state index contributed by atoms with van der Waals surface area (Å²) >= 11 is 0. The number of hydrogen-bond donors (Lipinski definition) is 1. The first-order valence-corrected chi connectivity index (χ1v) is 8.28. The second-order valence-electron chi connectivity index (χ2n) is 6.82. The van der Waals surface area contributed by atoms with Gasteiger partial charge in [0.1, 0.15) is 11.6 Å². The summed E-state index contributed by atoms with van der Waals surface area (Å²) in [5.74, 6) is -0.756. The molecule has 1 aliphatic heterocycles. The Morgan fingerprint density at radius 2 is 2.24 bits per heavy atom. The zero-order valence-corrected chi connectivity index (χ0v) is 14.1. The molecule has 1 atom stereocenters. The third-order valence-electron chi connectivity index (χ3n) is 4.71. The Bertz CT molecular complexity index is 777. The van der Waals surface area contributed by atoms with Crippen molar-refractivity contribution in [3.63, 3.8) is 0 Å². The first kappa shape index (κ1) is 17.5. The van der Waals surface area contributed by atoms with Crippen molar-refractivity contribution in [1.82, 2.24) is 9.88 Å². The van der Waals surface area contributed by atoms with Crippen molar-refractivity contribution in [2.24, 2.45) is 11.1 Å². The number of halogens is 2. The van der Waals surface area contributed by atoms with Crippen LogP contribution < -0.4 is 5.73 Å². The normalized spacial score (nSPS) is 20.2. The maximum Gasteiger partial charge on any atom is 0.223 e. The fourth-order valence-electron chi connectivity index (χ4n) is 3.01. The molecule has 2 heterocycles. The van der Waals surface area contributed by atoms with Crippen molar-refractivity contribution in [3.05, 3.63) is 41.9 Å². The highest BCUT2D eigenvalue weighted by molar-refractivity contribution is 5.76. The standard InChI is InChI=1S/C18H21F2N3O2/c1-18(10-21)6-7-23(11-18)17(24)5-4-16-22-9-15(25-16)13-3-2-12(19)8-14(13)20/h2-3,8-9H,4-7,10-11,21H2,1H3. The summed E-state index contributed by atoms with van der Waals surface area (Å²) in [4.78, 5) is 18.2. The Morgan fingerprint density at radius 3 is 2.92 bits per heavy atom. The van der Waals surface area contributed by atoms with Crippen LogP contribution in [0.3, 0.4) is 0 Å². The van der Waals surface area contributed by atoms with E-state index in [1.54, 1.807) is 0 Å². The van der Waals surface area contributed by atoms with Gasteiger partial charge in [-0.15, -0.1) is 0 Å². The summed E-state index contributed by atoms with van der Waals surface area (Å²) in [6.45, 7) is 4.02. The summed E-state index contributed by atoms with van der Waals surface area (Å²) < 4.78 is 32.2. The van der Waals surface area contributed by atoms with Crippen LogP contribution in [0.4, 0.5) is 8.78 Å². The van der Waals surface area contributed by atoms with Gasteiger partial charge in [-0.05, 0) is 30.5 Å². The van der Waals surface area contributed by atoms with E-state index >= 15 is 0 Å². The van der Waals surface area contributed by atoms with Gasteiger partial charge < -0.3 is 15.1 Å². The summed E-state index contributed by atoms with van der Waals surface area (Å²) in [7, 11) is 0. The van der Waals surface area contributed by atoms with E-state index in [2.05, 4.69) is 11.9 Å². The summed E-state index contributed by atoms with van der Waals surface area (Å²) in [5, 5.41) is 0. The van der Waals surface area contributed by atoms with Crippen molar-refractivity contribution < 1.29 is 18.0 Å². The SMILES string of the molecule is CC1(CN)CCN(C(=O)CCc2ncc(-c3ccc(F)cc3F)o2)C1. The predicted molar refractivity (Wildman–Crippen MR) is 88.5 cm³/mol. The lowest BCUT2D eigenvalue weighted by Gasteiger charge is -2.22. The molecule has 0 spiro atoms. The molecular weight excluding hydrogens is 328 g/mol. The molecule has 0 saturated carbocycles. The molecular formula is C18H21F2N3O2. The van der Waals surface area contributed by atoms with Gasteiger partial charge in [0.15, 0.2) is 11.7 Å². The zero-order valence-electron chi connectivity index (χ0n) is 14.1. The molecule has 1 aromatic carbocycles. The van der Waals surface area contributed by atoms with Crippen LogP contribution in [0.25, 0.3) is 11.3 Å². The van der Waals surface area contributed by atoms with Gasteiger partial charge in [0, 0.05) is 32.0 Å². The average Bonchev–Trinajstić information content (AvgIpc) is 3.20. The number of likely N-dealkylation sites (tertiary alicyclic amines) is 1. The van der Waals surface area contributed by atoms with E-state index in [9.17, 15) is 13.6 Å². The van der Waals surface area contributed by atoms with E-state index in [0.29, 0.717) is 31.9 Å². The van der Waals surface area contributed by atoms with Crippen molar-refractivity contribution in [2.45, 2.75) is 26.2 Å². The fraction of sp³-hybridized carbons (Fsp3) is 0.444. The van der Waals surface area contributed by atoms with Gasteiger partial charge >= 0.3 is 0 Å². The minimum atomic E-state index is -0.711. The highest BCUT2D eigenvalue weighted by atomic mass is 19.1. The second-order valence-corrected chi connectivity index (χ2v) is 6.82. The van der Waals surface area contributed by atoms with E-state index in [-0.39, 0.29) is 29.1 Å². The van der Waals surface area contributed by atoms with Gasteiger partial charge in [-0.25, -0.2) is 13.8 Å². The number of rotatable bonds is 5. The molecule has 7 heteroatoms. The molecule has 2 aromatic rings. The summed E-state index contributed by atoms with van der Waals surface area (Å²) in [6.07, 6.45) is 2.89. The van der Waals surface area contributed by atoms with Crippen LogP contribution >= 0.6 is 0 Å². The van der Waals surface area contributed by atoms with E-state index < -0.39 is 11.6 Å². The molecule has 0 radical (unpaired) electrons. The lowest BCUT2D eigenvalue weighted by atomic mass is 9.90. The number of carbonyl (C=O) groups is 1. The van der Waals surface area contributed by atoms with Gasteiger partial charge in [0.25, 0.3) is 0 Å². The molecule has 25 heavy (non-hydrogen) atoms. The smallest absolute Gasteiger partial charge is 0.223 e. The van der Waals surface area contributed by atoms with Crippen molar-refractivity contribution in [3.8, 4) is 11.3 Å². The van der Waals surface area contributed by atoms with Gasteiger partial charge in [-0.3, -0.25) is 4.79 Å². The number of benzene rings is 1. The molecule has 1 aromatic heterocycles. The molecule has 2 N–H and O–H groups in total. The maximum atomic E-state index is 13.8. The lowest BCUT2D eigenvalue weighted by Crippen LogP contribution is -2.34. The summed E-state index contributed by atoms with van der Waals surface area (Å²) in [6, 6.07) is 3.26. The van der Waals surface area contributed by atoms with Crippen LogP contribution in [-0.4, -0.2) is 35.4 Å². The van der Waals surface area contributed by atoms with E-state index in [1.165, 1.54) is 12.3 Å². The average molecular weight is 349 g/mol. The van der Waals surface area contributed by atoms with Crippen LogP contribution in [0.15, 0.2) is 28.8 Å². The third kappa shape index (κ3) is 3.87. The monoisotopic (exact) mass is 349 g/mol. The zero-order chi connectivity index (χ0) is 18.0. The van der Waals surface area contributed by atoms with Crippen molar-refractivity contribution in [2.75, 3.05) is 19.6 Å². The number of oxazole rings is 1. The Kier molecular flexibility index (Phi) is 4.85. The minimum absolute atomic E-state index is 0.00806. The Hall–Kier alpha value is -2.28. The first-order valence-electron chi connectivity index (χ1n) is 8.28. The predicted octanol–water partition coefficient (Wildman–Crippen LogP) is 2.75. The molecule has 1 amide bonds. The van der Waals surface area contributed by atoms with E-state index in [1.807, 2.05) is 4.90 Å². The van der Waals surface area contributed by atoms with Gasteiger partial charge in [0.2, 0.25) is 5.91 Å². The van der Waals surface area contributed by atoms with E-state index in [0.717, 1.165) is 18.6 Å². The Balaban J connectivity index is 1.60. The van der Waals surface area contributed by atoms with Crippen molar-refractivity contribution >= 4 is 5.91 Å². The number of hydrogen-bond acceptors (Lipinski definition) is 4. The number of amides is 1. The molecule has 134 valence electrons. The largest absolute Gasteiger partial charge is 0.441 e. The Labute approximate surface area is 144 Å². The molecule has 0 aliphatic carbocycles. The summed E-state index contributed by atoms with van der Waals surface area (Å²) in [5.41, 5.74) is 5.89. The number of nitrogens with zero attached hydrogens (tertiary/aromatic N) is 2. The number of aromatic nitrogens is 1. The quantitative estimate of drug-likeness (QED) is 0.901. The molecule has 3 rings (SSSR count). The lowest BCUT2D eigenvalue weighted by molar-refractivity contribution is -0.130. The van der Waals surface area contributed by atoms with Gasteiger partial charge in [0.05, 0.1) is 11.8 Å². The highest BCUT2D eigenvalue weighted by Crippen LogP contribution is 2.29. The maximum absolute atomic E-state index is 13.8. The molecule has 1 aliphatic rings. The van der Waals surface area contributed by atoms with Crippen LogP contribution in [0.5, 0.6) is 0 Å². The van der Waals surface area contributed by atoms with Crippen LogP contribution in [0.2, 0.25) is 0 Å². The highest BCUT2D eigenvalue weighted by Gasteiger charge is 2.34. The van der Waals surface area contributed by atoms with Gasteiger partial charge in [-0.2, -0.15) is 0 Å². The Morgan fingerprint density at radius 1 is 1.44 bits per heavy atom. The van der Waals surface area contributed by atoms with E-state index in [4.69, 9.17) is 10.2 Å². The number of nitrogens with two attached hydrogens (primary N) is 1. The fourth-order valence-corrected chi connectivity index (χ4v) is 3.01. The second kappa shape index (κ2) is 6.92. The first-order chi connectivity index (χ1) is 11.9. The third-order valence-corrected chi connectivity index (χ3v) is 4.71. The molecule has 0 bridgehead atoms. The van der Waals surface area contributed by atoms with Crippen LogP contribution in [0, 0.1) is 17.0 Å². The minimum Gasteiger partial charge on any atom is -0.441 e. The molecule has 1 fully saturated rings.